The van der Waals surface area contributed by atoms with Crippen LogP contribution in [0.15, 0.2) is 10.4 Å². The SMILES string of the molecule is CN=C(NCCCOCC(C)C)NCCc1csc(C)n1. The van der Waals surface area contributed by atoms with Gasteiger partial charge in [-0.05, 0) is 19.3 Å². The molecule has 0 saturated carbocycles. The summed E-state index contributed by atoms with van der Waals surface area (Å²) < 4.78 is 5.54. The summed E-state index contributed by atoms with van der Waals surface area (Å²) >= 11 is 1.69. The van der Waals surface area contributed by atoms with Gasteiger partial charge in [0.05, 0.1) is 10.7 Å². The lowest BCUT2D eigenvalue weighted by molar-refractivity contribution is 0.108. The number of nitrogens with one attached hydrogen (secondary N) is 2. The lowest BCUT2D eigenvalue weighted by Crippen LogP contribution is -2.39. The summed E-state index contributed by atoms with van der Waals surface area (Å²) in [5, 5.41) is 9.82. The van der Waals surface area contributed by atoms with Crippen LogP contribution in [0.4, 0.5) is 0 Å². The number of aliphatic imine (C=N–C) groups is 1. The third kappa shape index (κ3) is 8.67. The van der Waals surface area contributed by atoms with Crippen LogP contribution in [-0.4, -0.2) is 44.3 Å². The molecule has 1 rings (SSSR count). The summed E-state index contributed by atoms with van der Waals surface area (Å²) in [5.41, 5.74) is 1.14. The second-order valence-corrected chi connectivity index (χ2v) is 6.42. The lowest BCUT2D eigenvalue weighted by atomic mass is 10.2. The van der Waals surface area contributed by atoms with Crippen LogP contribution in [0.3, 0.4) is 0 Å². The van der Waals surface area contributed by atoms with E-state index in [9.17, 15) is 0 Å². The molecule has 1 aromatic rings. The number of hydrogen-bond donors (Lipinski definition) is 2. The van der Waals surface area contributed by atoms with Gasteiger partial charge in [-0.3, -0.25) is 4.99 Å². The molecule has 0 aliphatic carbocycles. The quantitative estimate of drug-likeness (QED) is 0.417. The second kappa shape index (κ2) is 10.6. The van der Waals surface area contributed by atoms with Gasteiger partial charge >= 0.3 is 0 Å². The van der Waals surface area contributed by atoms with Crippen molar-refractivity contribution in [1.82, 2.24) is 15.6 Å². The first-order valence-corrected chi connectivity index (χ1v) is 8.43. The highest BCUT2D eigenvalue weighted by Crippen LogP contribution is 2.07. The molecule has 0 radical (unpaired) electrons. The van der Waals surface area contributed by atoms with Crippen molar-refractivity contribution in [3.63, 3.8) is 0 Å². The van der Waals surface area contributed by atoms with E-state index in [0.717, 1.165) is 55.8 Å². The fourth-order valence-electron chi connectivity index (χ4n) is 1.75. The molecule has 0 saturated heterocycles. The van der Waals surface area contributed by atoms with Crippen molar-refractivity contribution in [1.29, 1.82) is 0 Å². The van der Waals surface area contributed by atoms with E-state index >= 15 is 0 Å². The van der Waals surface area contributed by atoms with Crippen molar-refractivity contribution >= 4 is 17.3 Å². The number of guanidine groups is 1. The Balaban J connectivity index is 2.06. The number of hydrogen-bond acceptors (Lipinski definition) is 4. The Bertz CT molecular complexity index is 418. The van der Waals surface area contributed by atoms with E-state index in [1.54, 1.807) is 18.4 Å². The van der Waals surface area contributed by atoms with E-state index in [2.05, 4.69) is 39.8 Å². The molecule has 0 aromatic carbocycles. The standard InChI is InChI=1S/C15H28N4OS/c1-12(2)10-20-9-5-7-17-15(16-4)18-8-6-14-11-21-13(3)19-14/h11-12H,5-10H2,1-4H3,(H2,16,17,18). The summed E-state index contributed by atoms with van der Waals surface area (Å²) in [6, 6.07) is 0. The van der Waals surface area contributed by atoms with E-state index < -0.39 is 0 Å². The summed E-state index contributed by atoms with van der Waals surface area (Å²) in [7, 11) is 1.79. The van der Waals surface area contributed by atoms with Gasteiger partial charge < -0.3 is 15.4 Å². The van der Waals surface area contributed by atoms with Gasteiger partial charge in [-0.2, -0.15) is 0 Å². The Morgan fingerprint density at radius 3 is 2.76 bits per heavy atom. The van der Waals surface area contributed by atoms with Gasteiger partial charge in [-0.1, -0.05) is 13.8 Å². The molecular formula is C15H28N4OS. The average molecular weight is 312 g/mol. The zero-order chi connectivity index (χ0) is 15.5. The van der Waals surface area contributed by atoms with Gasteiger partial charge in [-0.25, -0.2) is 4.98 Å². The minimum absolute atomic E-state index is 0.599. The largest absolute Gasteiger partial charge is 0.381 e. The Labute approximate surface area is 132 Å². The maximum absolute atomic E-state index is 5.54. The third-order valence-corrected chi connectivity index (χ3v) is 3.60. The zero-order valence-corrected chi connectivity index (χ0v) is 14.4. The number of rotatable bonds is 9. The molecule has 0 aliphatic rings. The predicted octanol–water partition coefficient (Wildman–Crippen LogP) is 2.22. The fraction of sp³-hybridized carbons (Fsp3) is 0.733. The topological polar surface area (TPSA) is 58.5 Å². The van der Waals surface area contributed by atoms with Crippen LogP contribution < -0.4 is 10.6 Å². The second-order valence-electron chi connectivity index (χ2n) is 5.36. The van der Waals surface area contributed by atoms with Gasteiger partial charge in [0.25, 0.3) is 0 Å². The van der Waals surface area contributed by atoms with Crippen molar-refractivity contribution in [2.45, 2.75) is 33.6 Å². The van der Waals surface area contributed by atoms with Crippen molar-refractivity contribution in [2.24, 2.45) is 10.9 Å². The molecule has 0 amide bonds. The molecule has 2 N–H and O–H groups in total. The van der Waals surface area contributed by atoms with E-state index in [0.29, 0.717) is 5.92 Å². The Morgan fingerprint density at radius 2 is 2.14 bits per heavy atom. The first-order valence-electron chi connectivity index (χ1n) is 7.55. The number of aromatic nitrogens is 1. The Hall–Kier alpha value is -1.14. The minimum atomic E-state index is 0.599. The molecule has 120 valence electrons. The highest BCUT2D eigenvalue weighted by atomic mass is 32.1. The average Bonchev–Trinajstić information content (AvgIpc) is 2.86. The van der Waals surface area contributed by atoms with Crippen LogP contribution in [-0.2, 0) is 11.2 Å². The first kappa shape index (κ1) is 17.9. The van der Waals surface area contributed by atoms with Gasteiger partial charge in [0.15, 0.2) is 5.96 Å². The van der Waals surface area contributed by atoms with Crippen LogP contribution in [0.2, 0.25) is 0 Å². The van der Waals surface area contributed by atoms with E-state index in [-0.39, 0.29) is 0 Å². The van der Waals surface area contributed by atoms with Crippen LogP contribution in [0.5, 0.6) is 0 Å². The van der Waals surface area contributed by atoms with Crippen molar-refractivity contribution in [3.05, 3.63) is 16.1 Å². The highest BCUT2D eigenvalue weighted by molar-refractivity contribution is 7.09. The molecule has 0 bridgehead atoms. The number of nitrogens with zero attached hydrogens (tertiary/aromatic N) is 2. The van der Waals surface area contributed by atoms with Crippen LogP contribution in [0.1, 0.15) is 31.0 Å². The maximum atomic E-state index is 5.54. The van der Waals surface area contributed by atoms with Crippen LogP contribution in [0.25, 0.3) is 0 Å². The first-order chi connectivity index (χ1) is 10.1. The maximum Gasteiger partial charge on any atom is 0.190 e. The molecule has 1 heterocycles. The minimum Gasteiger partial charge on any atom is -0.381 e. The predicted molar refractivity (Wildman–Crippen MR) is 90.2 cm³/mol. The summed E-state index contributed by atoms with van der Waals surface area (Å²) in [5.74, 6) is 1.44. The Kier molecular flexibility index (Phi) is 9.01. The monoisotopic (exact) mass is 312 g/mol. The molecule has 0 fully saturated rings. The summed E-state index contributed by atoms with van der Waals surface area (Å²) in [6.45, 7) is 9.69. The number of ether oxygens (including phenoxy) is 1. The molecule has 0 unspecified atom stereocenters. The van der Waals surface area contributed by atoms with E-state index in [1.807, 2.05) is 6.92 Å². The smallest absolute Gasteiger partial charge is 0.190 e. The van der Waals surface area contributed by atoms with Crippen molar-refractivity contribution in [3.8, 4) is 0 Å². The summed E-state index contributed by atoms with van der Waals surface area (Å²) in [6.07, 6.45) is 1.90. The number of thiazole rings is 1. The van der Waals surface area contributed by atoms with Crippen molar-refractivity contribution < 1.29 is 4.74 Å². The summed E-state index contributed by atoms with van der Waals surface area (Å²) in [4.78, 5) is 8.65. The lowest BCUT2D eigenvalue weighted by Gasteiger charge is -2.12. The van der Waals surface area contributed by atoms with Crippen molar-refractivity contribution in [2.75, 3.05) is 33.4 Å². The highest BCUT2D eigenvalue weighted by Gasteiger charge is 2.00. The third-order valence-electron chi connectivity index (χ3n) is 2.77. The fourth-order valence-corrected chi connectivity index (χ4v) is 2.40. The number of aryl methyl sites for hydroxylation is 1. The molecular weight excluding hydrogens is 284 g/mol. The molecule has 5 nitrogen and oxygen atoms in total. The van der Waals surface area contributed by atoms with E-state index in [1.165, 1.54) is 0 Å². The normalized spacial score (nSPS) is 12.0. The molecule has 6 heteroatoms. The molecule has 0 aliphatic heterocycles. The van der Waals surface area contributed by atoms with Crippen LogP contribution >= 0.6 is 11.3 Å². The van der Waals surface area contributed by atoms with Gasteiger partial charge in [0, 0.05) is 45.2 Å². The molecule has 0 atom stereocenters. The van der Waals surface area contributed by atoms with Gasteiger partial charge in [-0.15, -0.1) is 11.3 Å². The molecule has 0 spiro atoms. The van der Waals surface area contributed by atoms with Crippen LogP contribution in [0, 0.1) is 12.8 Å². The Morgan fingerprint density at radius 1 is 1.38 bits per heavy atom. The molecule has 21 heavy (non-hydrogen) atoms. The van der Waals surface area contributed by atoms with Gasteiger partial charge in [0.2, 0.25) is 0 Å². The molecule has 1 aromatic heterocycles. The zero-order valence-electron chi connectivity index (χ0n) is 13.6. The van der Waals surface area contributed by atoms with E-state index in [4.69, 9.17) is 4.74 Å². The van der Waals surface area contributed by atoms with Gasteiger partial charge in [0.1, 0.15) is 0 Å².